The summed E-state index contributed by atoms with van der Waals surface area (Å²) in [7, 11) is 0. The van der Waals surface area contributed by atoms with Gasteiger partial charge in [0.05, 0.1) is 12.5 Å². The molecule has 1 aromatic carbocycles. The highest BCUT2D eigenvalue weighted by Crippen LogP contribution is 2.34. The van der Waals surface area contributed by atoms with Crippen molar-refractivity contribution in [1.82, 2.24) is 20.1 Å². The first-order valence-electron chi connectivity index (χ1n) is 7.09. The molecule has 4 rings (SSSR count). The molecule has 20 heavy (non-hydrogen) atoms. The van der Waals surface area contributed by atoms with Crippen LogP contribution < -0.4 is 5.32 Å². The fourth-order valence-electron chi connectivity index (χ4n) is 3.12. The Morgan fingerprint density at radius 2 is 2.25 bits per heavy atom. The van der Waals surface area contributed by atoms with Crippen LogP contribution in [0.1, 0.15) is 35.1 Å². The molecule has 1 N–H and O–H groups in total. The van der Waals surface area contributed by atoms with Gasteiger partial charge in [0.2, 0.25) is 5.91 Å². The molecule has 1 aromatic heterocycles. The van der Waals surface area contributed by atoms with Crippen LogP contribution in [0.3, 0.4) is 0 Å². The maximum atomic E-state index is 12.2. The summed E-state index contributed by atoms with van der Waals surface area (Å²) in [6.45, 7) is 1.45. The monoisotopic (exact) mass is 268 g/mol. The summed E-state index contributed by atoms with van der Waals surface area (Å²) in [5.41, 5.74) is 2.45. The average molecular weight is 268 g/mol. The van der Waals surface area contributed by atoms with Gasteiger partial charge >= 0.3 is 0 Å². The normalized spacial score (nSPS) is 19.1. The smallest absolute Gasteiger partial charge is 0.228 e. The lowest BCUT2D eigenvalue weighted by atomic mass is 9.77. The lowest BCUT2D eigenvalue weighted by Crippen LogP contribution is -2.35. The molecule has 2 aliphatic rings. The summed E-state index contributed by atoms with van der Waals surface area (Å²) in [6.07, 6.45) is 2.97. The predicted octanol–water partition coefficient (Wildman–Crippen LogP) is 1.18. The second-order valence-electron chi connectivity index (χ2n) is 5.46. The van der Waals surface area contributed by atoms with E-state index in [1.54, 1.807) is 0 Å². The number of benzene rings is 1. The van der Waals surface area contributed by atoms with Crippen LogP contribution in [0.5, 0.6) is 0 Å². The van der Waals surface area contributed by atoms with Crippen LogP contribution in [0.15, 0.2) is 24.3 Å². The number of nitrogens with zero attached hydrogens (tertiary/aromatic N) is 3. The van der Waals surface area contributed by atoms with Crippen molar-refractivity contribution >= 4 is 5.91 Å². The SMILES string of the molecule is O=C(NCc1nnc2n1CCC2)C1Cc2ccccc21. The first kappa shape index (κ1) is 11.6. The number of fused-ring (bicyclic) bond motifs is 2. The number of nitrogens with one attached hydrogen (secondary N) is 1. The molecule has 0 fully saturated rings. The number of hydrogen-bond donors (Lipinski definition) is 1. The third-order valence-electron chi connectivity index (χ3n) is 4.28. The molecule has 0 spiro atoms. The maximum absolute atomic E-state index is 12.2. The minimum atomic E-state index is 0.00664. The van der Waals surface area contributed by atoms with Gasteiger partial charge in [-0.2, -0.15) is 0 Å². The zero-order valence-corrected chi connectivity index (χ0v) is 11.2. The second kappa shape index (κ2) is 4.44. The number of amides is 1. The van der Waals surface area contributed by atoms with Gasteiger partial charge < -0.3 is 9.88 Å². The van der Waals surface area contributed by atoms with E-state index in [-0.39, 0.29) is 11.8 Å². The Morgan fingerprint density at radius 3 is 3.15 bits per heavy atom. The third kappa shape index (κ3) is 1.73. The summed E-state index contributed by atoms with van der Waals surface area (Å²) in [5, 5.41) is 11.3. The van der Waals surface area contributed by atoms with Crippen molar-refractivity contribution in [3.8, 4) is 0 Å². The van der Waals surface area contributed by atoms with Gasteiger partial charge in [-0.15, -0.1) is 10.2 Å². The van der Waals surface area contributed by atoms with E-state index in [1.807, 2.05) is 18.2 Å². The highest BCUT2D eigenvalue weighted by Gasteiger charge is 2.31. The second-order valence-corrected chi connectivity index (χ2v) is 5.46. The Bertz CT molecular complexity index is 676. The summed E-state index contributed by atoms with van der Waals surface area (Å²) >= 11 is 0. The number of carbonyl (C=O) groups excluding carboxylic acids is 1. The van der Waals surface area contributed by atoms with Crippen molar-refractivity contribution in [2.45, 2.75) is 38.3 Å². The van der Waals surface area contributed by atoms with Crippen LogP contribution in [0.4, 0.5) is 0 Å². The highest BCUT2D eigenvalue weighted by atomic mass is 16.1. The Hall–Kier alpha value is -2.17. The van der Waals surface area contributed by atoms with E-state index in [2.05, 4.69) is 26.1 Å². The van der Waals surface area contributed by atoms with E-state index in [9.17, 15) is 4.79 Å². The largest absolute Gasteiger partial charge is 0.348 e. The van der Waals surface area contributed by atoms with Crippen molar-refractivity contribution < 1.29 is 4.79 Å². The number of hydrogen-bond acceptors (Lipinski definition) is 3. The average Bonchev–Trinajstić information content (AvgIpc) is 3.01. The molecule has 0 saturated heterocycles. The molecule has 1 aliphatic carbocycles. The Labute approximate surface area is 117 Å². The van der Waals surface area contributed by atoms with Crippen molar-refractivity contribution in [2.75, 3.05) is 0 Å². The lowest BCUT2D eigenvalue weighted by Gasteiger charge is -2.28. The van der Waals surface area contributed by atoms with Crippen LogP contribution in [-0.4, -0.2) is 20.7 Å². The minimum absolute atomic E-state index is 0.00664. The molecule has 0 bridgehead atoms. The number of aryl methyl sites for hydroxylation is 1. The standard InChI is InChI=1S/C15H16N4O/c20-15(12-8-10-4-1-2-5-11(10)12)16-9-14-18-17-13-6-3-7-19(13)14/h1-2,4-5,12H,3,6-9H2,(H,16,20). The lowest BCUT2D eigenvalue weighted by molar-refractivity contribution is -0.123. The van der Waals surface area contributed by atoms with Crippen LogP contribution >= 0.6 is 0 Å². The van der Waals surface area contributed by atoms with Crippen LogP contribution in [0.25, 0.3) is 0 Å². The van der Waals surface area contributed by atoms with Gasteiger partial charge in [0.15, 0.2) is 5.82 Å². The maximum Gasteiger partial charge on any atom is 0.228 e. The van der Waals surface area contributed by atoms with Gasteiger partial charge in [-0.3, -0.25) is 4.79 Å². The Balaban J connectivity index is 1.42. The van der Waals surface area contributed by atoms with Crippen molar-refractivity contribution in [3.05, 3.63) is 47.0 Å². The summed E-state index contributed by atoms with van der Waals surface area (Å²) in [6, 6.07) is 8.14. The van der Waals surface area contributed by atoms with Crippen molar-refractivity contribution in [1.29, 1.82) is 0 Å². The van der Waals surface area contributed by atoms with E-state index >= 15 is 0 Å². The predicted molar refractivity (Wildman–Crippen MR) is 73.1 cm³/mol. The number of aromatic nitrogens is 3. The van der Waals surface area contributed by atoms with E-state index in [0.29, 0.717) is 6.54 Å². The van der Waals surface area contributed by atoms with Gasteiger partial charge in [-0.25, -0.2) is 0 Å². The molecule has 1 amide bonds. The molecule has 1 aliphatic heterocycles. The number of carbonyl (C=O) groups is 1. The van der Waals surface area contributed by atoms with E-state index < -0.39 is 0 Å². The molecule has 0 radical (unpaired) electrons. The van der Waals surface area contributed by atoms with Crippen LogP contribution in [0, 0.1) is 0 Å². The molecule has 102 valence electrons. The highest BCUT2D eigenvalue weighted by molar-refractivity contribution is 5.86. The molecule has 5 heteroatoms. The first-order chi connectivity index (χ1) is 9.83. The zero-order chi connectivity index (χ0) is 13.5. The fraction of sp³-hybridized carbons (Fsp3) is 0.400. The van der Waals surface area contributed by atoms with E-state index in [1.165, 1.54) is 5.56 Å². The first-order valence-corrected chi connectivity index (χ1v) is 7.09. The quantitative estimate of drug-likeness (QED) is 0.909. The van der Waals surface area contributed by atoms with Crippen molar-refractivity contribution in [3.63, 3.8) is 0 Å². The van der Waals surface area contributed by atoms with Gasteiger partial charge in [0.1, 0.15) is 5.82 Å². The molecule has 1 atom stereocenters. The zero-order valence-electron chi connectivity index (χ0n) is 11.2. The molecule has 1 unspecified atom stereocenters. The molecular formula is C15H16N4O. The molecule has 2 heterocycles. The Kier molecular flexibility index (Phi) is 2.58. The molecule has 5 nitrogen and oxygen atoms in total. The van der Waals surface area contributed by atoms with Crippen LogP contribution in [0.2, 0.25) is 0 Å². The number of rotatable bonds is 3. The Morgan fingerprint density at radius 1 is 1.35 bits per heavy atom. The van der Waals surface area contributed by atoms with Gasteiger partial charge in [0.25, 0.3) is 0 Å². The minimum Gasteiger partial charge on any atom is -0.348 e. The topological polar surface area (TPSA) is 59.8 Å². The van der Waals surface area contributed by atoms with Crippen molar-refractivity contribution in [2.24, 2.45) is 0 Å². The fourth-order valence-corrected chi connectivity index (χ4v) is 3.12. The summed E-state index contributed by atoms with van der Waals surface area (Å²) < 4.78 is 2.12. The van der Waals surface area contributed by atoms with E-state index in [0.717, 1.165) is 43.0 Å². The van der Waals surface area contributed by atoms with Gasteiger partial charge in [0, 0.05) is 13.0 Å². The third-order valence-corrected chi connectivity index (χ3v) is 4.28. The van der Waals surface area contributed by atoms with Gasteiger partial charge in [-0.05, 0) is 24.0 Å². The molecular weight excluding hydrogens is 252 g/mol. The summed E-state index contributed by atoms with van der Waals surface area (Å²) in [4.78, 5) is 12.2. The summed E-state index contributed by atoms with van der Waals surface area (Å²) in [5.74, 6) is 2.02. The van der Waals surface area contributed by atoms with Crippen LogP contribution in [-0.2, 0) is 30.7 Å². The molecule has 0 saturated carbocycles. The molecule has 2 aromatic rings. The van der Waals surface area contributed by atoms with Gasteiger partial charge in [-0.1, -0.05) is 24.3 Å². The van der Waals surface area contributed by atoms with E-state index in [4.69, 9.17) is 0 Å².